The lowest BCUT2D eigenvalue weighted by Gasteiger charge is -2.47. The summed E-state index contributed by atoms with van der Waals surface area (Å²) in [5.74, 6) is 0.900. The maximum atomic E-state index is 4.34. The van der Waals surface area contributed by atoms with Crippen molar-refractivity contribution in [2.24, 2.45) is 5.92 Å². The van der Waals surface area contributed by atoms with Crippen molar-refractivity contribution in [2.45, 2.75) is 30.3 Å². The Bertz CT molecular complexity index is 676. The summed E-state index contributed by atoms with van der Waals surface area (Å²) in [6.45, 7) is 4.98. The second kappa shape index (κ2) is 5.11. The van der Waals surface area contributed by atoms with Crippen LogP contribution in [-0.4, -0.2) is 44.7 Å². The Balaban J connectivity index is 1.39. The maximum absolute atomic E-state index is 4.34. The highest BCUT2D eigenvalue weighted by atomic mass is 32.2. The molecule has 114 valence electrons. The van der Waals surface area contributed by atoms with Crippen LogP contribution < -0.4 is 0 Å². The van der Waals surface area contributed by atoms with Crippen molar-refractivity contribution < 1.29 is 0 Å². The third-order valence-corrected chi connectivity index (χ3v) is 6.56. The normalized spacial score (nSPS) is 30.6. The number of hydrogen-bond donors (Lipinski definition) is 0. The Morgan fingerprint density at radius 2 is 2.09 bits per heavy atom. The molecule has 1 atom stereocenters. The first kappa shape index (κ1) is 13.2. The third kappa shape index (κ3) is 2.11. The number of rotatable bonds is 2. The van der Waals surface area contributed by atoms with E-state index >= 15 is 0 Å². The Kier molecular flexibility index (Phi) is 3.06. The minimum Gasteiger partial charge on any atom is -0.302 e. The van der Waals surface area contributed by atoms with Gasteiger partial charge in [-0.2, -0.15) is 5.10 Å². The zero-order chi connectivity index (χ0) is 14.5. The number of nitrogens with zero attached hydrogens (tertiary/aromatic N) is 4. The van der Waals surface area contributed by atoms with Crippen LogP contribution in [-0.2, 0) is 6.54 Å². The molecule has 0 unspecified atom stereocenters. The van der Waals surface area contributed by atoms with E-state index < -0.39 is 0 Å². The van der Waals surface area contributed by atoms with Gasteiger partial charge < -0.3 is 4.90 Å². The summed E-state index contributed by atoms with van der Waals surface area (Å²) >= 11 is 1.96. The van der Waals surface area contributed by atoms with Gasteiger partial charge in [0.1, 0.15) is 0 Å². The van der Waals surface area contributed by atoms with Gasteiger partial charge in [0.2, 0.25) is 0 Å². The van der Waals surface area contributed by atoms with Gasteiger partial charge in [0.05, 0.1) is 5.69 Å². The SMILES string of the molecule is c1cnn(-c2ccc3c(c2)SN([C@@H]2CN4CCC2CC4)C3)c1. The van der Waals surface area contributed by atoms with Gasteiger partial charge in [-0.05, 0) is 67.6 Å². The van der Waals surface area contributed by atoms with Gasteiger partial charge in [0.25, 0.3) is 0 Å². The summed E-state index contributed by atoms with van der Waals surface area (Å²) in [4.78, 5) is 4.05. The zero-order valence-corrected chi connectivity index (χ0v) is 13.4. The van der Waals surface area contributed by atoms with Crippen LogP contribution in [0.4, 0.5) is 0 Å². The Hall–Kier alpha value is -1.30. The van der Waals surface area contributed by atoms with Crippen LogP contribution in [0.3, 0.4) is 0 Å². The van der Waals surface area contributed by atoms with E-state index in [4.69, 9.17) is 0 Å². The molecule has 2 bridgehead atoms. The fraction of sp³-hybridized carbons (Fsp3) is 0.471. The van der Waals surface area contributed by atoms with Crippen LogP contribution in [0, 0.1) is 5.92 Å². The van der Waals surface area contributed by atoms with E-state index in [1.54, 1.807) is 0 Å². The van der Waals surface area contributed by atoms with Crippen molar-refractivity contribution in [3.63, 3.8) is 0 Å². The van der Waals surface area contributed by atoms with Crippen LogP contribution in [0.15, 0.2) is 41.6 Å². The molecule has 2 aromatic rings. The Labute approximate surface area is 135 Å². The highest BCUT2D eigenvalue weighted by molar-refractivity contribution is 7.97. The summed E-state index contributed by atoms with van der Waals surface area (Å²) < 4.78 is 4.57. The Morgan fingerprint density at radius 3 is 2.82 bits per heavy atom. The summed E-state index contributed by atoms with van der Waals surface area (Å²) in [5.41, 5.74) is 2.63. The third-order valence-electron chi connectivity index (χ3n) is 5.35. The molecule has 1 aromatic carbocycles. The molecule has 1 aromatic heterocycles. The second-order valence-corrected chi connectivity index (χ2v) is 7.71. The fourth-order valence-electron chi connectivity index (χ4n) is 4.09. The molecule has 6 rings (SSSR count). The van der Waals surface area contributed by atoms with E-state index in [-0.39, 0.29) is 0 Å². The van der Waals surface area contributed by atoms with E-state index in [9.17, 15) is 0 Å². The monoisotopic (exact) mass is 312 g/mol. The molecule has 0 amide bonds. The fourth-order valence-corrected chi connectivity index (χ4v) is 5.35. The van der Waals surface area contributed by atoms with Crippen molar-refractivity contribution in [2.75, 3.05) is 19.6 Å². The molecule has 0 saturated carbocycles. The number of fused-ring (bicyclic) bond motifs is 4. The van der Waals surface area contributed by atoms with Crippen molar-refractivity contribution in [1.82, 2.24) is 19.0 Å². The number of aromatic nitrogens is 2. The summed E-state index contributed by atoms with van der Waals surface area (Å²) in [6, 6.07) is 9.45. The number of benzene rings is 1. The van der Waals surface area contributed by atoms with Gasteiger partial charge in [-0.25, -0.2) is 8.99 Å². The van der Waals surface area contributed by atoms with Crippen molar-refractivity contribution in [1.29, 1.82) is 0 Å². The van der Waals surface area contributed by atoms with Crippen LogP contribution in [0.5, 0.6) is 0 Å². The predicted octanol–water partition coefficient (Wildman–Crippen LogP) is 2.79. The first-order chi connectivity index (χ1) is 10.9. The molecule has 0 radical (unpaired) electrons. The average Bonchev–Trinajstić information content (AvgIpc) is 3.24. The lowest BCUT2D eigenvalue weighted by atomic mass is 9.84. The lowest BCUT2D eigenvalue weighted by Crippen LogP contribution is -2.54. The van der Waals surface area contributed by atoms with Gasteiger partial charge in [0.15, 0.2) is 0 Å². The first-order valence-corrected chi connectivity index (χ1v) is 8.94. The molecule has 5 heterocycles. The van der Waals surface area contributed by atoms with Gasteiger partial charge in [0, 0.05) is 36.4 Å². The van der Waals surface area contributed by atoms with Gasteiger partial charge in [-0.3, -0.25) is 0 Å². The first-order valence-electron chi connectivity index (χ1n) is 8.17. The van der Waals surface area contributed by atoms with Crippen molar-refractivity contribution >= 4 is 11.9 Å². The van der Waals surface area contributed by atoms with E-state index in [0.717, 1.165) is 24.2 Å². The summed E-state index contributed by atoms with van der Waals surface area (Å²) in [6.07, 6.45) is 6.61. The Morgan fingerprint density at radius 1 is 1.18 bits per heavy atom. The zero-order valence-electron chi connectivity index (χ0n) is 12.6. The molecule has 4 aliphatic heterocycles. The standard InChI is InChI=1S/C17H20N4S/c1-6-18-20(7-1)15-3-2-14-11-21(22-17(14)10-15)16-12-19-8-4-13(16)5-9-19/h1-3,6-7,10,13,16H,4-5,8-9,11-12H2/t16-/m1/s1. The molecule has 0 spiro atoms. The van der Waals surface area contributed by atoms with E-state index in [1.165, 1.54) is 42.9 Å². The molecular formula is C17H20N4S. The summed E-state index contributed by atoms with van der Waals surface area (Å²) in [7, 11) is 0. The van der Waals surface area contributed by atoms with Crippen LogP contribution in [0.2, 0.25) is 0 Å². The number of piperidine rings is 3. The van der Waals surface area contributed by atoms with Gasteiger partial charge in [-0.15, -0.1) is 0 Å². The molecule has 3 saturated heterocycles. The highest BCUT2D eigenvalue weighted by Crippen LogP contribution is 2.43. The van der Waals surface area contributed by atoms with Crippen molar-refractivity contribution in [3.05, 3.63) is 42.2 Å². The predicted molar refractivity (Wildman–Crippen MR) is 87.9 cm³/mol. The van der Waals surface area contributed by atoms with Crippen LogP contribution in [0.1, 0.15) is 18.4 Å². The van der Waals surface area contributed by atoms with Crippen LogP contribution >= 0.6 is 11.9 Å². The minimum absolute atomic E-state index is 0.730. The quantitative estimate of drug-likeness (QED) is 0.796. The molecule has 4 aliphatic rings. The smallest absolute Gasteiger partial charge is 0.0657 e. The largest absolute Gasteiger partial charge is 0.302 e. The highest BCUT2D eigenvalue weighted by Gasteiger charge is 2.39. The molecule has 22 heavy (non-hydrogen) atoms. The van der Waals surface area contributed by atoms with Gasteiger partial charge >= 0.3 is 0 Å². The topological polar surface area (TPSA) is 24.3 Å². The van der Waals surface area contributed by atoms with E-state index in [1.807, 2.05) is 35.1 Å². The molecule has 4 nitrogen and oxygen atoms in total. The van der Waals surface area contributed by atoms with Gasteiger partial charge in [-0.1, -0.05) is 6.07 Å². The molecule has 0 N–H and O–H groups in total. The minimum atomic E-state index is 0.730. The average molecular weight is 312 g/mol. The van der Waals surface area contributed by atoms with Crippen LogP contribution in [0.25, 0.3) is 5.69 Å². The maximum Gasteiger partial charge on any atom is 0.0657 e. The van der Waals surface area contributed by atoms with Crippen molar-refractivity contribution in [3.8, 4) is 5.69 Å². The van der Waals surface area contributed by atoms with E-state index in [2.05, 4.69) is 32.5 Å². The second-order valence-electron chi connectivity index (χ2n) is 6.61. The summed E-state index contributed by atoms with van der Waals surface area (Å²) in [5, 5.41) is 4.34. The molecular weight excluding hydrogens is 292 g/mol. The molecule has 3 fully saturated rings. The van der Waals surface area contributed by atoms with E-state index in [0.29, 0.717) is 0 Å². The molecule has 5 heteroatoms. The lowest BCUT2D eigenvalue weighted by molar-refractivity contribution is 0.0420. The number of hydrogen-bond acceptors (Lipinski definition) is 4. The molecule has 0 aliphatic carbocycles.